The summed E-state index contributed by atoms with van der Waals surface area (Å²) in [5.74, 6) is -0.491. The molecule has 0 aliphatic carbocycles. The number of ether oxygens (including phenoxy) is 1. The molecule has 7 heteroatoms. The largest absolute Gasteiger partial charge is 0.463 e. The van der Waals surface area contributed by atoms with Crippen molar-refractivity contribution in [1.29, 1.82) is 0 Å². The second-order valence-corrected chi connectivity index (χ2v) is 8.19. The highest BCUT2D eigenvalue weighted by Gasteiger charge is 2.30. The number of hydrogen-bond acceptors (Lipinski definition) is 7. The van der Waals surface area contributed by atoms with Crippen molar-refractivity contribution in [3.63, 3.8) is 0 Å². The van der Waals surface area contributed by atoms with Crippen molar-refractivity contribution in [2.24, 2.45) is 0 Å². The lowest BCUT2D eigenvalue weighted by Gasteiger charge is -2.23. The first-order valence-corrected chi connectivity index (χ1v) is 11.9. The Hall–Kier alpha value is -1.28. The minimum absolute atomic E-state index is 0.0549. The van der Waals surface area contributed by atoms with Crippen LogP contribution in [0.2, 0.25) is 0 Å². The molecule has 0 fully saturated rings. The summed E-state index contributed by atoms with van der Waals surface area (Å²) in [5.41, 5.74) is 0. The highest BCUT2D eigenvalue weighted by molar-refractivity contribution is 5.69. The highest BCUT2D eigenvalue weighted by atomic mass is 16.5. The van der Waals surface area contributed by atoms with Gasteiger partial charge in [0.2, 0.25) is 0 Å². The Bertz CT molecular complexity index is 467. The lowest BCUT2D eigenvalue weighted by atomic mass is 10.0. The summed E-state index contributed by atoms with van der Waals surface area (Å²) in [6.07, 6.45) is 13.0. The van der Waals surface area contributed by atoms with Gasteiger partial charge in [0, 0.05) is 6.42 Å². The molecule has 7 nitrogen and oxygen atoms in total. The van der Waals surface area contributed by atoms with Gasteiger partial charge < -0.3 is 30.0 Å². The number of unbranched alkanes of at least 4 members (excludes halogenated alkanes) is 11. The Kier molecular flexibility index (Phi) is 19.8. The van der Waals surface area contributed by atoms with Gasteiger partial charge in [0.15, 0.2) is 6.29 Å². The van der Waals surface area contributed by atoms with Crippen LogP contribution < -0.4 is 0 Å². The maximum atomic E-state index is 11.7. The van der Waals surface area contributed by atoms with Crippen LogP contribution in [0.15, 0.2) is 12.2 Å². The van der Waals surface area contributed by atoms with Crippen LogP contribution in [-0.4, -0.2) is 63.7 Å². The lowest BCUT2D eigenvalue weighted by molar-refractivity contribution is -0.156. The van der Waals surface area contributed by atoms with Gasteiger partial charge in [-0.2, -0.15) is 0 Å². The van der Waals surface area contributed by atoms with Crippen LogP contribution in [0.4, 0.5) is 0 Å². The zero-order valence-electron chi connectivity index (χ0n) is 19.2. The van der Waals surface area contributed by atoms with Crippen molar-refractivity contribution in [1.82, 2.24) is 0 Å². The second kappa shape index (κ2) is 20.6. The molecule has 0 aromatic carbocycles. The summed E-state index contributed by atoms with van der Waals surface area (Å²) in [5, 5.41) is 37.8. The molecule has 0 saturated carbocycles. The van der Waals surface area contributed by atoms with Crippen LogP contribution in [0.1, 0.15) is 96.8 Å². The van der Waals surface area contributed by atoms with Crippen LogP contribution in [0.5, 0.6) is 0 Å². The average molecular weight is 445 g/mol. The molecule has 0 spiro atoms. The molecular weight excluding hydrogens is 400 g/mol. The fourth-order valence-electron chi connectivity index (χ4n) is 3.20. The van der Waals surface area contributed by atoms with E-state index in [1.165, 1.54) is 44.9 Å². The van der Waals surface area contributed by atoms with Gasteiger partial charge in [-0.05, 0) is 32.1 Å². The number of hydrogen-bond donors (Lipinski definition) is 4. The van der Waals surface area contributed by atoms with Crippen molar-refractivity contribution in [2.75, 3.05) is 6.61 Å². The van der Waals surface area contributed by atoms with E-state index in [0.717, 1.165) is 32.1 Å². The Morgan fingerprint density at radius 2 is 1.29 bits per heavy atom. The normalized spacial score (nSPS) is 15.5. The van der Waals surface area contributed by atoms with E-state index in [-0.39, 0.29) is 12.7 Å². The fourth-order valence-corrected chi connectivity index (χ4v) is 3.20. The summed E-state index contributed by atoms with van der Waals surface area (Å²) < 4.78 is 4.87. The molecule has 0 saturated heterocycles. The van der Waals surface area contributed by atoms with Crippen LogP contribution in [0.3, 0.4) is 0 Å². The van der Waals surface area contributed by atoms with Crippen molar-refractivity contribution in [2.45, 2.75) is 121 Å². The molecule has 4 N–H and O–H groups in total. The number of esters is 1. The third-order valence-corrected chi connectivity index (χ3v) is 5.29. The first-order valence-electron chi connectivity index (χ1n) is 11.9. The van der Waals surface area contributed by atoms with Crippen molar-refractivity contribution >= 4 is 12.3 Å². The number of aldehydes is 1. The Morgan fingerprint density at radius 3 is 1.84 bits per heavy atom. The van der Waals surface area contributed by atoms with Gasteiger partial charge in [0.1, 0.15) is 31.0 Å². The Labute approximate surface area is 187 Å². The van der Waals surface area contributed by atoms with E-state index >= 15 is 0 Å². The third-order valence-electron chi connectivity index (χ3n) is 5.29. The molecule has 0 aromatic heterocycles. The summed E-state index contributed by atoms with van der Waals surface area (Å²) in [4.78, 5) is 22.0. The quantitative estimate of drug-likeness (QED) is 0.0927. The third kappa shape index (κ3) is 17.0. The van der Waals surface area contributed by atoms with Crippen LogP contribution in [0.25, 0.3) is 0 Å². The van der Waals surface area contributed by atoms with Crippen LogP contribution >= 0.6 is 0 Å². The maximum absolute atomic E-state index is 11.7. The molecule has 0 rings (SSSR count). The first kappa shape index (κ1) is 29.7. The average Bonchev–Trinajstić information content (AvgIpc) is 2.78. The number of carbonyl (C=O) groups is 2. The standard InChI is InChI=1S/C24H44O7/c1-2-3-4-5-6-7-8-9-10-11-12-13-14-15-16-17-22(28)31-19-21(27)24(30)23(29)20(26)18-25/h9-10,18,20-21,23-24,26-27,29-30H,2-8,11-17,19H2,1H3/t20-,21+,23+,24-/m0/s1. The maximum Gasteiger partial charge on any atom is 0.305 e. The van der Waals surface area contributed by atoms with Crippen molar-refractivity contribution in [3.8, 4) is 0 Å². The number of aliphatic hydroxyl groups is 4. The molecule has 182 valence electrons. The number of aliphatic hydroxyl groups excluding tert-OH is 4. The molecule has 0 aliphatic rings. The van der Waals surface area contributed by atoms with E-state index in [1.54, 1.807) is 0 Å². The molecule has 0 unspecified atom stereocenters. The van der Waals surface area contributed by atoms with Gasteiger partial charge in [-0.1, -0.05) is 70.4 Å². The predicted octanol–water partition coefficient (Wildman–Crippen LogP) is 3.21. The number of carbonyl (C=O) groups excluding carboxylic acids is 2. The molecule has 0 radical (unpaired) electrons. The van der Waals surface area contributed by atoms with Gasteiger partial charge in [-0.3, -0.25) is 4.79 Å². The zero-order valence-corrected chi connectivity index (χ0v) is 19.2. The van der Waals surface area contributed by atoms with E-state index < -0.39 is 37.0 Å². The Balaban J connectivity index is 3.55. The van der Waals surface area contributed by atoms with E-state index in [2.05, 4.69) is 19.1 Å². The van der Waals surface area contributed by atoms with E-state index in [4.69, 9.17) is 9.84 Å². The monoisotopic (exact) mass is 444 g/mol. The second-order valence-electron chi connectivity index (χ2n) is 8.19. The zero-order chi connectivity index (χ0) is 23.3. The molecule has 0 aliphatic heterocycles. The topological polar surface area (TPSA) is 124 Å². The smallest absolute Gasteiger partial charge is 0.305 e. The van der Waals surface area contributed by atoms with E-state index in [9.17, 15) is 24.9 Å². The minimum atomic E-state index is -1.84. The molecule has 0 heterocycles. The lowest BCUT2D eigenvalue weighted by Crippen LogP contribution is -2.46. The van der Waals surface area contributed by atoms with Gasteiger partial charge in [0.05, 0.1) is 0 Å². The summed E-state index contributed by atoms with van der Waals surface area (Å²) >= 11 is 0. The van der Waals surface area contributed by atoms with E-state index in [0.29, 0.717) is 6.42 Å². The minimum Gasteiger partial charge on any atom is -0.463 e. The summed E-state index contributed by atoms with van der Waals surface area (Å²) in [6.45, 7) is 1.73. The Morgan fingerprint density at radius 1 is 0.774 bits per heavy atom. The first-order chi connectivity index (χ1) is 14.9. The predicted molar refractivity (Wildman–Crippen MR) is 121 cm³/mol. The molecule has 0 aromatic rings. The van der Waals surface area contributed by atoms with E-state index in [1.807, 2.05) is 0 Å². The molecule has 4 atom stereocenters. The van der Waals surface area contributed by atoms with Gasteiger partial charge in [-0.15, -0.1) is 0 Å². The molecule has 0 amide bonds. The highest BCUT2D eigenvalue weighted by Crippen LogP contribution is 2.11. The summed E-state index contributed by atoms with van der Waals surface area (Å²) in [6, 6.07) is 0. The fraction of sp³-hybridized carbons (Fsp3) is 0.833. The van der Waals surface area contributed by atoms with Crippen LogP contribution in [-0.2, 0) is 14.3 Å². The molecule has 31 heavy (non-hydrogen) atoms. The van der Waals surface area contributed by atoms with Crippen molar-refractivity contribution in [3.05, 3.63) is 12.2 Å². The number of allylic oxidation sites excluding steroid dienone is 2. The SMILES string of the molecule is CCCCCCCCC=CCCCCCCCC(=O)OC[C@@H](O)[C@H](O)[C@H](O)[C@@H](O)C=O. The van der Waals surface area contributed by atoms with Crippen molar-refractivity contribution < 1.29 is 34.8 Å². The summed E-state index contributed by atoms with van der Waals surface area (Å²) in [7, 11) is 0. The van der Waals surface area contributed by atoms with Gasteiger partial charge in [0.25, 0.3) is 0 Å². The van der Waals surface area contributed by atoms with Gasteiger partial charge >= 0.3 is 5.97 Å². The van der Waals surface area contributed by atoms with Crippen LogP contribution in [0, 0.1) is 0 Å². The van der Waals surface area contributed by atoms with Gasteiger partial charge in [-0.25, -0.2) is 0 Å². The molecular formula is C24H44O7. The molecule has 0 bridgehead atoms. The number of rotatable bonds is 21.